The number of amides is 2. The van der Waals surface area contributed by atoms with Crippen LogP contribution < -0.4 is 16.3 Å². The topological polar surface area (TPSA) is 115 Å². The lowest BCUT2D eigenvalue weighted by Gasteiger charge is -2.17. The van der Waals surface area contributed by atoms with Crippen LogP contribution in [-0.2, 0) is 14.3 Å². The lowest BCUT2D eigenvalue weighted by atomic mass is 10.1. The summed E-state index contributed by atoms with van der Waals surface area (Å²) in [6, 6.07) is 4.08. The van der Waals surface area contributed by atoms with E-state index in [-0.39, 0.29) is 41.9 Å². The van der Waals surface area contributed by atoms with Gasteiger partial charge in [-0.1, -0.05) is 12.1 Å². The number of fused-ring (bicyclic) bond motifs is 1. The van der Waals surface area contributed by atoms with Crippen LogP contribution >= 0.6 is 0 Å². The third-order valence-electron chi connectivity index (χ3n) is 3.87. The summed E-state index contributed by atoms with van der Waals surface area (Å²) in [5, 5.41) is 5.20. The maximum Gasteiger partial charge on any atom is 0.349 e. The molecule has 0 spiro atoms. The summed E-state index contributed by atoms with van der Waals surface area (Å²) in [6.07, 6.45) is -0.0287. The van der Waals surface area contributed by atoms with Gasteiger partial charge in [0.2, 0.25) is 5.91 Å². The van der Waals surface area contributed by atoms with Gasteiger partial charge in [0.15, 0.2) is 11.4 Å². The molecule has 8 nitrogen and oxygen atoms in total. The number of carbonyl (C=O) groups is 3. The van der Waals surface area contributed by atoms with E-state index >= 15 is 0 Å². The average molecular weight is 392 g/mol. The maximum absolute atomic E-state index is 13.7. The highest BCUT2D eigenvalue weighted by Crippen LogP contribution is 2.17. The molecule has 0 radical (unpaired) electrons. The first-order valence-corrected chi connectivity index (χ1v) is 8.83. The molecule has 0 saturated carbocycles. The Balaban J connectivity index is 2.23. The van der Waals surface area contributed by atoms with Crippen molar-refractivity contribution in [1.82, 2.24) is 10.6 Å². The molecule has 1 atom stereocenters. The number of nitrogens with one attached hydrogen (secondary N) is 2. The van der Waals surface area contributed by atoms with E-state index in [1.165, 1.54) is 18.2 Å². The Labute approximate surface area is 160 Å². The van der Waals surface area contributed by atoms with Gasteiger partial charge in [-0.05, 0) is 32.4 Å². The number of hydrogen-bond donors (Lipinski definition) is 2. The molecule has 9 heteroatoms. The van der Waals surface area contributed by atoms with Crippen LogP contribution in [0.2, 0.25) is 0 Å². The second-order valence-corrected chi connectivity index (χ2v) is 5.88. The van der Waals surface area contributed by atoms with Gasteiger partial charge in [0, 0.05) is 18.4 Å². The van der Waals surface area contributed by atoms with Crippen molar-refractivity contribution in [2.75, 3.05) is 13.2 Å². The van der Waals surface area contributed by atoms with Crippen LogP contribution in [0.5, 0.6) is 0 Å². The lowest BCUT2D eigenvalue weighted by Crippen LogP contribution is -2.43. The Morgan fingerprint density at radius 3 is 2.68 bits per heavy atom. The third kappa shape index (κ3) is 5.15. The van der Waals surface area contributed by atoms with Gasteiger partial charge in [0.05, 0.1) is 6.61 Å². The molecule has 1 aromatic carbocycles. The molecule has 0 unspecified atom stereocenters. The monoisotopic (exact) mass is 392 g/mol. The molecular formula is C19H21FN2O6. The quantitative estimate of drug-likeness (QED) is 0.520. The number of benzene rings is 1. The highest BCUT2D eigenvalue weighted by atomic mass is 19.1. The summed E-state index contributed by atoms with van der Waals surface area (Å²) in [4.78, 5) is 48.3. The molecule has 2 aromatic rings. The fraction of sp³-hybridized carbons (Fsp3) is 0.368. The van der Waals surface area contributed by atoms with Crippen LogP contribution in [0.3, 0.4) is 0 Å². The number of para-hydroxylation sites is 1. The van der Waals surface area contributed by atoms with Crippen molar-refractivity contribution < 1.29 is 27.9 Å². The van der Waals surface area contributed by atoms with Gasteiger partial charge in [-0.15, -0.1) is 0 Å². The standard InChI is InChI=1S/C19H21FN2O6/c1-3-21-15(23)9-8-14(19(26)27-4-2)22-17(24)12-10-11-6-5-7-13(20)16(11)28-18(12)25/h5-7,10,14H,3-4,8-9H2,1-2H3,(H,21,23)(H,22,24)/t14-/m1/s1. The minimum Gasteiger partial charge on any atom is -0.464 e. The Hall–Kier alpha value is -3.23. The molecule has 0 aliphatic heterocycles. The fourth-order valence-corrected chi connectivity index (χ4v) is 2.56. The van der Waals surface area contributed by atoms with E-state index in [0.29, 0.717) is 6.54 Å². The highest BCUT2D eigenvalue weighted by molar-refractivity contribution is 5.98. The van der Waals surface area contributed by atoms with Gasteiger partial charge in [-0.2, -0.15) is 0 Å². The Kier molecular flexibility index (Phi) is 7.25. The van der Waals surface area contributed by atoms with Gasteiger partial charge in [0.25, 0.3) is 5.91 Å². The van der Waals surface area contributed by atoms with E-state index in [1.807, 2.05) is 0 Å². The molecule has 150 valence electrons. The third-order valence-corrected chi connectivity index (χ3v) is 3.87. The number of carbonyl (C=O) groups excluding carboxylic acids is 3. The molecule has 0 saturated heterocycles. The van der Waals surface area contributed by atoms with E-state index in [2.05, 4.69) is 10.6 Å². The van der Waals surface area contributed by atoms with E-state index in [4.69, 9.17) is 9.15 Å². The Morgan fingerprint density at radius 1 is 1.25 bits per heavy atom. The summed E-state index contributed by atoms with van der Waals surface area (Å²) in [7, 11) is 0. The molecular weight excluding hydrogens is 371 g/mol. The fourth-order valence-electron chi connectivity index (χ4n) is 2.56. The minimum atomic E-state index is -1.13. The van der Waals surface area contributed by atoms with E-state index in [1.54, 1.807) is 13.8 Å². The summed E-state index contributed by atoms with van der Waals surface area (Å²) in [5.74, 6) is -2.62. The van der Waals surface area contributed by atoms with Gasteiger partial charge < -0.3 is 19.8 Å². The van der Waals surface area contributed by atoms with Gasteiger partial charge in [0.1, 0.15) is 11.6 Å². The summed E-state index contributed by atoms with van der Waals surface area (Å²) in [6.45, 7) is 3.88. The van der Waals surface area contributed by atoms with Crippen LogP contribution in [0, 0.1) is 5.82 Å². The number of hydrogen-bond acceptors (Lipinski definition) is 6. The number of rotatable bonds is 8. The van der Waals surface area contributed by atoms with Crippen LogP contribution in [0.25, 0.3) is 11.0 Å². The van der Waals surface area contributed by atoms with Crippen molar-refractivity contribution in [2.45, 2.75) is 32.7 Å². The molecule has 1 aromatic heterocycles. The smallest absolute Gasteiger partial charge is 0.349 e. The first-order chi connectivity index (χ1) is 13.4. The van der Waals surface area contributed by atoms with Crippen molar-refractivity contribution in [3.63, 3.8) is 0 Å². The zero-order valence-corrected chi connectivity index (χ0v) is 15.5. The largest absolute Gasteiger partial charge is 0.464 e. The molecule has 1 heterocycles. The first kappa shape index (κ1) is 21.1. The van der Waals surface area contributed by atoms with Gasteiger partial charge in [-0.3, -0.25) is 9.59 Å². The van der Waals surface area contributed by atoms with Crippen molar-refractivity contribution in [1.29, 1.82) is 0 Å². The van der Waals surface area contributed by atoms with Gasteiger partial charge >= 0.3 is 11.6 Å². The van der Waals surface area contributed by atoms with Crippen LogP contribution in [-0.4, -0.2) is 37.0 Å². The van der Waals surface area contributed by atoms with Crippen molar-refractivity contribution >= 4 is 28.8 Å². The molecule has 2 amide bonds. The van der Waals surface area contributed by atoms with Crippen LogP contribution in [0.15, 0.2) is 33.5 Å². The number of halogens is 1. The van der Waals surface area contributed by atoms with E-state index in [0.717, 1.165) is 6.07 Å². The predicted octanol–water partition coefficient (Wildman–Crippen LogP) is 1.51. The van der Waals surface area contributed by atoms with Crippen molar-refractivity contribution in [2.24, 2.45) is 0 Å². The molecule has 0 aliphatic carbocycles. The van der Waals surface area contributed by atoms with Crippen LogP contribution in [0.1, 0.15) is 37.0 Å². The summed E-state index contributed by atoms with van der Waals surface area (Å²) < 4.78 is 23.5. The van der Waals surface area contributed by atoms with Crippen molar-refractivity contribution in [3.05, 3.63) is 46.1 Å². The second-order valence-electron chi connectivity index (χ2n) is 5.88. The van der Waals surface area contributed by atoms with Crippen LogP contribution in [0.4, 0.5) is 4.39 Å². The molecule has 0 fully saturated rings. The zero-order valence-electron chi connectivity index (χ0n) is 15.5. The SMILES string of the molecule is CCNC(=O)CC[C@@H](NC(=O)c1cc2cccc(F)c2oc1=O)C(=O)OCC. The Bertz CT molecular complexity index is 940. The van der Waals surface area contributed by atoms with E-state index < -0.39 is 29.4 Å². The Morgan fingerprint density at radius 2 is 2.00 bits per heavy atom. The summed E-state index contributed by atoms with van der Waals surface area (Å²) >= 11 is 0. The molecule has 0 bridgehead atoms. The summed E-state index contributed by atoms with van der Waals surface area (Å²) in [5.41, 5.74) is -1.69. The lowest BCUT2D eigenvalue weighted by molar-refractivity contribution is -0.145. The van der Waals surface area contributed by atoms with E-state index in [9.17, 15) is 23.6 Å². The first-order valence-electron chi connectivity index (χ1n) is 8.83. The number of esters is 1. The molecule has 28 heavy (non-hydrogen) atoms. The van der Waals surface area contributed by atoms with Gasteiger partial charge in [-0.25, -0.2) is 14.0 Å². The average Bonchev–Trinajstić information content (AvgIpc) is 2.65. The predicted molar refractivity (Wildman–Crippen MR) is 98.2 cm³/mol. The highest BCUT2D eigenvalue weighted by Gasteiger charge is 2.25. The second kappa shape index (κ2) is 9.63. The zero-order chi connectivity index (χ0) is 20.7. The molecule has 0 aliphatic rings. The normalized spacial score (nSPS) is 11.7. The molecule has 2 rings (SSSR count). The van der Waals surface area contributed by atoms with Crippen molar-refractivity contribution in [3.8, 4) is 0 Å². The minimum absolute atomic E-state index is 0.00997. The maximum atomic E-state index is 13.7. The number of ether oxygens (including phenoxy) is 1. The molecule has 2 N–H and O–H groups in total.